The number of aromatic nitrogens is 2. The highest BCUT2D eigenvalue weighted by Crippen LogP contribution is 2.30. The van der Waals surface area contributed by atoms with E-state index >= 15 is 0 Å². The summed E-state index contributed by atoms with van der Waals surface area (Å²) in [6.07, 6.45) is 1.38. The fourth-order valence-corrected chi connectivity index (χ4v) is 4.21. The third-order valence-electron chi connectivity index (χ3n) is 4.78. The van der Waals surface area contributed by atoms with Crippen molar-refractivity contribution in [3.63, 3.8) is 0 Å². The lowest BCUT2D eigenvalue weighted by atomic mass is 10.0. The smallest absolute Gasteiger partial charge is 0.338 e. The van der Waals surface area contributed by atoms with Crippen LogP contribution >= 0.6 is 11.3 Å². The molecular formula is C24H22N2O3S. The average molecular weight is 419 g/mol. The molecule has 0 unspecified atom stereocenters. The predicted octanol–water partition coefficient (Wildman–Crippen LogP) is 5.05. The first-order valence-corrected chi connectivity index (χ1v) is 10.6. The van der Waals surface area contributed by atoms with Gasteiger partial charge in [-0.3, -0.25) is 9.36 Å². The quantitative estimate of drug-likeness (QED) is 0.426. The number of aryl methyl sites for hydroxylation is 1. The highest BCUT2D eigenvalue weighted by atomic mass is 32.1. The van der Waals surface area contributed by atoms with E-state index in [4.69, 9.17) is 4.74 Å². The zero-order valence-corrected chi connectivity index (χ0v) is 17.9. The Hall–Kier alpha value is -3.25. The standard InChI is InChI=1S/C24H22N2O3S/c1-15(2)29-24(28)19-6-4-5-17(11-19)12-26-14-25-22-21(23(26)27)20(13-30-22)18-9-7-16(3)8-10-18/h4-11,13-15H,12H2,1-3H3. The number of carbonyl (C=O) groups is 1. The molecule has 2 aromatic carbocycles. The Morgan fingerprint density at radius 3 is 2.67 bits per heavy atom. The number of fused-ring (bicyclic) bond motifs is 1. The lowest BCUT2D eigenvalue weighted by molar-refractivity contribution is 0.0378. The van der Waals surface area contributed by atoms with Crippen molar-refractivity contribution in [2.75, 3.05) is 0 Å². The lowest BCUT2D eigenvalue weighted by Gasteiger charge is -2.10. The van der Waals surface area contributed by atoms with Crippen molar-refractivity contribution in [1.29, 1.82) is 0 Å². The summed E-state index contributed by atoms with van der Waals surface area (Å²) in [4.78, 5) is 30.7. The second-order valence-electron chi connectivity index (χ2n) is 7.53. The first kappa shape index (κ1) is 20.0. The average Bonchev–Trinajstić information content (AvgIpc) is 3.15. The van der Waals surface area contributed by atoms with Crippen LogP contribution in [0.15, 0.2) is 65.0 Å². The van der Waals surface area contributed by atoms with Gasteiger partial charge in [-0.25, -0.2) is 9.78 Å². The molecule has 30 heavy (non-hydrogen) atoms. The van der Waals surface area contributed by atoms with Gasteiger partial charge >= 0.3 is 5.97 Å². The van der Waals surface area contributed by atoms with Crippen molar-refractivity contribution < 1.29 is 9.53 Å². The van der Waals surface area contributed by atoms with E-state index in [0.717, 1.165) is 21.5 Å². The maximum atomic E-state index is 13.3. The van der Waals surface area contributed by atoms with Gasteiger partial charge in [0.2, 0.25) is 0 Å². The minimum atomic E-state index is -0.368. The van der Waals surface area contributed by atoms with Crippen LogP contribution in [0.1, 0.15) is 35.3 Å². The molecule has 152 valence electrons. The first-order chi connectivity index (χ1) is 14.4. The molecule has 0 aliphatic heterocycles. The minimum absolute atomic E-state index is 0.0908. The van der Waals surface area contributed by atoms with Crippen LogP contribution in [0.25, 0.3) is 21.3 Å². The molecular weight excluding hydrogens is 396 g/mol. The van der Waals surface area contributed by atoms with Crippen LogP contribution in [0.3, 0.4) is 0 Å². The molecule has 0 bridgehead atoms. The number of hydrogen-bond donors (Lipinski definition) is 0. The van der Waals surface area contributed by atoms with Gasteiger partial charge < -0.3 is 4.74 Å². The van der Waals surface area contributed by atoms with Gasteiger partial charge in [0, 0.05) is 10.9 Å². The van der Waals surface area contributed by atoms with E-state index in [0.29, 0.717) is 17.5 Å². The number of benzene rings is 2. The molecule has 0 atom stereocenters. The van der Waals surface area contributed by atoms with Gasteiger partial charge in [-0.15, -0.1) is 11.3 Å². The fourth-order valence-electron chi connectivity index (χ4n) is 3.30. The van der Waals surface area contributed by atoms with E-state index in [9.17, 15) is 9.59 Å². The summed E-state index contributed by atoms with van der Waals surface area (Å²) in [6.45, 7) is 5.99. The second kappa shape index (κ2) is 8.24. The molecule has 4 aromatic rings. The van der Waals surface area contributed by atoms with Crippen molar-refractivity contribution in [3.05, 3.63) is 87.3 Å². The Morgan fingerprint density at radius 2 is 1.93 bits per heavy atom. The topological polar surface area (TPSA) is 61.2 Å². The van der Waals surface area contributed by atoms with Crippen molar-refractivity contribution in [2.24, 2.45) is 0 Å². The molecule has 0 saturated carbocycles. The van der Waals surface area contributed by atoms with E-state index < -0.39 is 0 Å². The van der Waals surface area contributed by atoms with Gasteiger partial charge in [0.25, 0.3) is 5.56 Å². The van der Waals surface area contributed by atoms with E-state index in [2.05, 4.69) is 4.98 Å². The van der Waals surface area contributed by atoms with Gasteiger partial charge in [-0.2, -0.15) is 0 Å². The van der Waals surface area contributed by atoms with Crippen LogP contribution < -0.4 is 5.56 Å². The maximum absolute atomic E-state index is 13.3. The van der Waals surface area contributed by atoms with E-state index in [1.54, 1.807) is 29.1 Å². The normalized spacial score (nSPS) is 11.2. The number of rotatable bonds is 5. The highest BCUT2D eigenvalue weighted by molar-refractivity contribution is 7.17. The summed E-state index contributed by atoms with van der Waals surface area (Å²) in [5.41, 5.74) is 4.29. The molecule has 0 aliphatic carbocycles. The second-order valence-corrected chi connectivity index (χ2v) is 8.39. The molecule has 4 rings (SSSR count). The number of carbonyl (C=O) groups excluding carboxylic acids is 1. The van der Waals surface area contributed by atoms with Crippen molar-refractivity contribution in [1.82, 2.24) is 9.55 Å². The zero-order valence-electron chi connectivity index (χ0n) is 17.1. The number of thiophene rings is 1. The van der Waals surface area contributed by atoms with Crippen molar-refractivity contribution in [3.8, 4) is 11.1 Å². The zero-order chi connectivity index (χ0) is 21.3. The third kappa shape index (κ3) is 4.04. The third-order valence-corrected chi connectivity index (χ3v) is 5.67. The van der Waals surface area contributed by atoms with Crippen molar-refractivity contribution in [2.45, 2.75) is 33.4 Å². The van der Waals surface area contributed by atoms with Crippen LogP contribution in [-0.4, -0.2) is 21.6 Å². The largest absolute Gasteiger partial charge is 0.459 e. The molecule has 2 aromatic heterocycles. The summed E-state index contributed by atoms with van der Waals surface area (Å²) in [5, 5.41) is 2.61. The van der Waals surface area contributed by atoms with Crippen LogP contribution in [0.2, 0.25) is 0 Å². The van der Waals surface area contributed by atoms with E-state index in [1.165, 1.54) is 16.9 Å². The van der Waals surface area contributed by atoms with Gasteiger partial charge in [-0.1, -0.05) is 42.0 Å². The van der Waals surface area contributed by atoms with Crippen LogP contribution in [0, 0.1) is 6.92 Å². The molecule has 6 heteroatoms. The Bertz CT molecular complexity index is 1270. The molecule has 0 fully saturated rings. The Balaban J connectivity index is 1.70. The number of hydrogen-bond acceptors (Lipinski definition) is 5. The van der Waals surface area contributed by atoms with Crippen LogP contribution in [0.4, 0.5) is 0 Å². The number of ether oxygens (including phenoxy) is 1. The van der Waals surface area contributed by atoms with E-state index in [-0.39, 0.29) is 17.6 Å². The summed E-state index contributed by atoms with van der Waals surface area (Å²) in [5.74, 6) is -0.368. The van der Waals surface area contributed by atoms with Gasteiger partial charge in [0.15, 0.2) is 0 Å². The molecule has 0 amide bonds. The van der Waals surface area contributed by atoms with Crippen molar-refractivity contribution >= 4 is 27.5 Å². The Kier molecular flexibility index (Phi) is 5.50. The molecule has 2 heterocycles. The molecule has 0 spiro atoms. The van der Waals surface area contributed by atoms with Crippen LogP contribution in [0.5, 0.6) is 0 Å². The lowest BCUT2D eigenvalue weighted by Crippen LogP contribution is -2.21. The van der Waals surface area contributed by atoms with Gasteiger partial charge in [0.05, 0.1) is 29.9 Å². The molecule has 0 radical (unpaired) electrons. The van der Waals surface area contributed by atoms with Gasteiger partial charge in [0.1, 0.15) is 4.83 Å². The molecule has 0 N–H and O–H groups in total. The Labute approximate surface area is 178 Å². The monoisotopic (exact) mass is 418 g/mol. The molecule has 5 nitrogen and oxygen atoms in total. The SMILES string of the molecule is Cc1ccc(-c2csc3ncn(Cc4cccc(C(=O)OC(C)C)c4)c(=O)c23)cc1. The molecule has 0 aliphatic rings. The Morgan fingerprint density at radius 1 is 1.17 bits per heavy atom. The minimum Gasteiger partial charge on any atom is -0.459 e. The predicted molar refractivity (Wildman–Crippen MR) is 120 cm³/mol. The summed E-state index contributed by atoms with van der Waals surface area (Å²) < 4.78 is 6.85. The number of nitrogens with zero attached hydrogens (tertiary/aromatic N) is 2. The first-order valence-electron chi connectivity index (χ1n) is 9.76. The van der Waals surface area contributed by atoms with Gasteiger partial charge in [-0.05, 0) is 44.0 Å². The summed E-state index contributed by atoms with van der Waals surface area (Å²) >= 11 is 1.47. The van der Waals surface area contributed by atoms with Crippen LogP contribution in [-0.2, 0) is 11.3 Å². The highest BCUT2D eigenvalue weighted by Gasteiger charge is 2.14. The maximum Gasteiger partial charge on any atom is 0.338 e. The molecule has 0 saturated heterocycles. The summed E-state index contributed by atoms with van der Waals surface area (Å²) in [6, 6.07) is 15.3. The number of esters is 1. The summed E-state index contributed by atoms with van der Waals surface area (Å²) in [7, 11) is 0. The fraction of sp³-hybridized carbons (Fsp3) is 0.208. The van der Waals surface area contributed by atoms with E-state index in [1.807, 2.05) is 56.5 Å².